The Hall–Kier alpha value is -0.963. The van der Waals surface area contributed by atoms with Crippen LogP contribution in [-0.2, 0) is 8.92 Å². The second-order valence-corrected chi connectivity index (χ2v) is 1.90. The number of rotatable bonds is 0. The molecular formula is C7H8O2Si. The molecule has 0 fully saturated rings. The van der Waals surface area contributed by atoms with Crippen molar-refractivity contribution in [3.8, 4) is 0 Å². The van der Waals surface area contributed by atoms with Gasteiger partial charge in [0.1, 0.15) is 0 Å². The van der Waals surface area contributed by atoms with Crippen LogP contribution in [0, 0.1) is 6.92 Å². The highest BCUT2D eigenvalue weighted by Crippen LogP contribution is 1.92. The monoisotopic (exact) mass is 152 g/mol. The zero-order chi connectivity index (χ0) is 7.82. The van der Waals surface area contributed by atoms with Crippen LogP contribution in [0.2, 0.25) is 0 Å². The molecule has 10 heavy (non-hydrogen) atoms. The molecule has 1 rings (SSSR count). The zero-order valence-corrected chi connectivity index (χ0v) is 6.70. The largest absolute Gasteiger partial charge is 0.549 e. The van der Waals surface area contributed by atoms with Crippen LogP contribution >= 0.6 is 0 Å². The Morgan fingerprint density at radius 3 is 1.70 bits per heavy atom. The Morgan fingerprint density at radius 2 is 1.50 bits per heavy atom. The molecule has 0 aliphatic rings. The van der Waals surface area contributed by atoms with Gasteiger partial charge in [0, 0.05) is 0 Å². The van der Waals surface area contributed by atoms with Gasteiger partial charge in [0.25, 0.3) is 0 Å². The minimum absolute atomic E-state index is 1.32. The maximum absolute atomic E-state index is 8.40. The third kappa shape index (κ3) is 5.18. The van der Waals surface area contributed by atoms with Crippen molar-refractivity contribution in [2.75, 3.05) is 0 Å². The van der Waals surface area contributed by atoms with Gasteiger partial charge >= 0.3 is 9.29 Å². The SMILES string of the molecule is Cc1ccccc1.O=[Si]=O. The summed E-state index contributed by atoms with van der Waals surface area (Å²) in [6.45, 7) is 2.08. The van der Waals surface area contributed by atoms with Crippen molar-refractivity contribution in [1.82, 2.24) is 0 Å². The van der Waals surface area contributed by atoms with Gasteiger partial charge in [-0.15, -0.1) is 0 Å². The molecule has 0 unspecified atom stereocenters. The lowest BCUT2D eigenvalue weighted by Crippen LogP contribution is -1.62. The van der Waals surface area contributed by atoms with E-state index in [-0.39, 0.29) is 0 Å². The number of hydrogen-bond donors (Lipinski definition) is 0. The van der Waals surface area contributed by atoms with E-state index in [2.05, 4.69) is 19.1 Å². The van der Waals surface area contributed by atoms with Crippen LogP contribution in [-0.4, -0.2) is 9.29 Å². The van der Waals surface area contributed by atoms with E-state index in [0.717, 1.165) is 0 Å². The van der Waals surface area contributed by atoms with Crippen LogP contribution in [0.25, 0.3) is 0 Å². The standard InChI is InChI=1S/C7H8.O2Si/c1-7-5-3-2-4-6-7;1-3-2/h2-6H,1H3;. The summed E-state index contributed by atoms with van der Waals surface area (Å²) in [6.07, 6.45) is 0. The summed E-state index contributed by atoms with van der Waals surface area (Å²) in [6, 6.07) is 10.3. The molecule has 0 N–H and O–H groups in total. The highest BCUT2D eigenvalue weighted by molar-refractivity contribution is 5.94. The third-order valence-corrected chi connectivity index (χ3v) is 0.940. The van der Waals surface area contributed by atoms with Gasteiger partial charge in [0.15, 0.2) is 0 Å². The van der Waals surface area contributed by atoms with Crippen LogP contribution in [0.5, 0.6) is 0 Å². The Kier molecular flexibility index (Phi) is 5.57. The van der Waals surface area contributed by atoms with E-state index in [1.165, 1.54) is 5.56 Å². The fourth-order valence-corrected chi connectivity index (χ4v) is 0.534. The summed E-state index contributed by atoms with van der Waals surface area (Å²) >= 11 is 0. The van der Waals surface area contributed by atoms with E-state index in [0.29, 0.717) is 0 Å². The molecule has 2 nitrogen and oxygen atoms in total. The van der Waals surface area contributed by atoms with Crippen LogP contribution in [0.1, 0.15) is 5.56 Å². The van der Waals surface area contributed by atoms with E-state index in [4.69, 9.17) is 8.92 Å². The van der Waals surface area contributed by atoms with Gasteiger partial charge in [-0.1, -0.05) is 35.9 Å². The second-order valence-electron chi connectivity index (χ2n) is 1.74. The lowest BCUT2D eigenvalue weighted by Gasteiger charge is -1.82. The molecule has 0 amide bonds. The van der Waals surface area contributed by atoms with Crippen molar-refractivity contribution in [2.45, 2.75) is 6.92 Å². The molecular weight excluding hydrogens is 144 g/mol. The van der Waals surface area contributed by atoms with Crippen molar-refractivity contribution in [3.63, 3.8) is 0 Å². The van der Waals surface area contributed by atoms with Crippen molar-refractivity contribution in [3.05, 3.63) is 35.9 Å². The minimum Gasteiger partial charge on any atom is -0.274 e. The van der Waals surface area contributed by atoms with Crippen LogP contribution < -0.4 is 0 Å². The summed E-state index contributed by atoms with van der Waals surface area (Å²) in [7, 11) is -1.42. The lowest BCUT2D eigenvalue weighted by atomic mass is 10.2. The maximum Gasteiger partial charge on any atom is 0.549 e. The van der Waals surface area contributed by atoms with Crippen LogP contribution in [0.4, 0.5) is 0 Å². The second kappa shape index (κ2) is 6.16. The van der Waals surface area contributed by atoms with E-state index < -0.39 is 9.29 Å². The summed E-state index contributed by atoms with van der Waals surface area (Å²) in [5.41, 5.74) is 1.32. The molecule has 0 heterocycles. The average molecular weight is 152 g/mol. The van der Waals surface area contributed by atoms with Gasteiger partial charge in [-0.2, -0.15) is 0 Å². The Bertz CT molecular complexity index is 202. The maximum atomic E-state index is 8.40. The number of hydrogen-bond acceptors (Lipinski definition) is 2. The lowest BCUT2D eigenvalue weighted by molar-refractivity contribution is 0.497. The van der Waals surface area contributed by atoms with Gasteiger partial charge < -0.3 is 0 Å². The van der Waals surface area contributed by atoms with Crippen molar-refractivity contribution in [2.24, 2.45) is 0 Å². The summed E-state index contributed by atoms with van der Waals surface area (Å²) in [5, 5.41) is 0. The van der Waals surface area contributed by atoms with E-state index in [1.54, 1.807) is 0 Å². The van der Waals surface area contributed by atoms with Gasteiger partial charge in [-0.25, -0.2) is 0 Å². The van der Waals surface area contributed by atoms with Crippen molar-refractivity contribution >= 4 is 9.29 Å². The first-order chi connectivity index (χ1) is 4.81. The number of aryl methyl sites for hydroxylation is 1. The molecule has 52 valence electrons. The molecule has 0 radical (unpaired) electrons. The Balaban J connectivity index is 0.000000236. The first kappa shape index (κ1) is 9.04. The first-order valence-corrected chi connectivity index (χ1v) is 3.64. The molecule has 0 bridgehead atoms. The van der Waals surface area contributed by atoms with Gasteiger partial charge in [0.2, 0.25) is 0 Å². The molecule has 0 atom stereocenters. The average Bonchev–Trinajstić information content (AvgIpc) is 1.91. The normalized spacial score (nSPS) is 6.90. The highest BCUT2D eigenvalue weighted by atomic mass is 28.2. The molecule has 0 aliphatic heterocycles. The Morgan fingerprint density at radius 1 is 1.10 bits per heavy atom. The molecule has 0 saturated heterocycles. The van der Waals surface area contributed by atoms with Crippen LogP contribution in [0.3, 0.4) is 0 Å². The minimum atomic E-state index is -1.42. The molecule has 3 heteroatoms. The summed E-state index contributed by atoms with van der Waals surface area (Å²) in [5.74, 6) is 0. The van der Waals surface area contributed by atoms with Crippen molar-refractivity contribution in [1.29, 1.82) is 0 Å². The molecule has 0 saturated carbocycles. The Labute approximate surface area is 61.8 Å². The molecule has 0 spiro atoms. The number of benzene rings is 1. The zero-order valence-electron chi connectivity index (χ0n) is 5.70. The summed E-state index contributed by atoms with van der Waals surface area (Å²) in [4.78, 5) is 0. The topological polar surface area (TPSA) is 34.1 Å². The molecule has 0 aliphatic carbocycles. The summed E-state index contributed by atoms with van der Waals surface area (Å²) < 4.78 is 16.8. The smallest absolute Gasteiger partial charge is 0.274 e. The predicted octanol–water partition coefficient (Wildman–Crippen LogP) is 1.38. The highest BCUT2D eigenvalue weighted by Gasteiger charge is 1.72. The first-order valence-electron chi connectivity index (χ1n) is 2.82. The molecule has 1 aromatic carbocycles. The van der Waals surface area contributed by atoms with Crippen LogP contribution in [0.15, 0.2) is 30.3 Å². The van der Waals surface area contributed by atoms with Gasteiger partial charge in [-0.05, 0) is 6.92 Å². The molecule has 0 aromatic heterocycles. The molecule has 1 aromatic rings. The fraction of sp³-hybridized carbons (Fsp3) is 0.143. The van der Waals surface area contributed by atoms with Gasteiger partial charge in [0.05, 0.1) is 0 Å². The predicted molar refractivity (Wildman–Crippen MR) is 38.3 cm³/mol. The third-order valence-electron chi connectivity index (χ3n) is 0.940. The van der Waals surface area contributed by atoms with Crippen molar-refractivity contribution < 1.29 is 8.92 Å². The van der Waals surface area contributed by atoms with E-state index >= 15 is 0 Å². The van der Waals surface area contributed by atoms with E-state index in [1.807, 2.05) is 18.2 Å². The quantitative estimate of drug-likeness (QED) is 0.526. The van der Waals surface area contributed by atoms with E-state index in [9.17, 15) is 0 Å². The van der Waals surface area contributed by atoms with Gasteiger partial charge in [-0.3, -0.25) is 8.92 Å². The fourth-order valence-electron chi connectivity index (χ4n) is 0.534.